The Balaban J connectivity index is 2.04. The van der Waals surface area contributed by atoms with Gasteiger partial charge >= 0.3 is 0 Å². The molecule has 0 aliphatic rings. The van der Waals surface area contributed by atoms with Crippen LogP contribution in [-0.2, 0) is 7.05 Å². The van der Waals surface area contributed by atoms with Gasteiger partial charge in [0, 0.05) is 17.5 Å². The van der Waals surface area contributed by atoms with E-state index in [1.165, 1.54) is 11.3 Å². The normalized spacial score (nSPS) is 11.5. The van der Waals surface area contributed by atoms with Crippen LogP contribution in [0.3, 0.4) is 0 Å². The fourth-order valence-electron chi connectivity index (χ4n) is 2.58. The van der Waals surface area contributed by atoms with Crippen LogP contribution in [0.2, 0.25) is 0 Å². The summed E-state index contributed by atoms with van der Waals surface area (Å²) in [6, 6.07) is 17.1. The van der Waals surface area contributed by atoms with Crippen molar-refractivity contribution in [3.63, 3.8) is 0 Å². The summed E-state index contributed by atoms with van der Waals surface area (Å²) >= 11 is 1.51. The molecule has 0 atom stereocenters. The van der Waals surface area contributed by atoms with Crippen molar-refractivity contribution in [3.8, 4) is 17.0 Å². The molecule has 0 aliphatic carbocycles. The van der Waals surface area contributed by atoms with Crippen molar-refractivity contribution in [2.24, 2.45) is 12.0 Å². The Kier molecular flexibility index (Phi) is 4.62. The summed E-state index contributed by atoms with van der Waals surface area (Å²) < 4.78 is 7.13. The van der Waals surface area contributed by atoms with Crippen LogP contribution in [0.1, 0.15) is 15.2 Å². The van der Waals surface area contributed by atoms with Gasteiger partial charge in [-0.05, 0) is 30.7 Å². The van der Waals surface area contributed by atoms with Crippen molar-refractivity contribution in [1.82, 2.24) is 4.57 Å². The summed E-state index contributed by atoms with van der Waals surface area (Å²) in [5.74, 6) is 0.373. The van der Waals surface area contributed by atoms with Crippen molar-refractivity contribution in [1.29, 1.82) is 0 Å². The maximum absolute atomic E-state index is 12.5. The first-order chi connectivity index (χ1) is 11.6. The van der Waals surface area contributed by atoms with E-state index in [2.05, 4.69) is 17.1 Å². The number of nitrogens with zero attached hydrogens (tertiary/aromatic N) is 2. The number of methoxy groups -OCH3 is 1. The summed E-state index contributed by atoms with van der Waals surface area (Å²) in [6.45, 7) is 2.04. The summed E-state index contributed by atoms with van der Waals surface area (Å²) in [6.07, 6.45) is 0. The van der Waals surface area contributed by atoms with Crippen LogP contribution >= 0.6 is 11.3 Å². The fourth-order valence-corrected chi connectivity index (χ4v) is 3.57. The van der Waals surface area contributed by atoms with E-state index in [9.17, 15) is 4.79 Å². The van der Waals surface area contributed by atoms with Gasteiger partial charge in [-0.1, -0.05) is 36.4 Å². The summed E-state index contributed by atoms with van der Waals surface area (Å²) in [5.41, 5.74) is 2.71. The number of amides is 1. The minimum Gasteiger partial charge on any atom is -0.497 e. The average molecular weight is 338 g/mol. The van der Waals surface area contributed by atoms with E-state index in [0.717, 1.165) is 16.1 Å². The molecule has 24 heavy (non-hydrogen) atoms. The lowest BCUT2D eigenvalue weighted by Crippen LogP contribution is -2.14. The van der Waals surface area contributed by atoms with Crippen LogP contribution in [0.4, 0.5) is 0 Å². The molecule has 3 rings (SSSR count). The number of rotatable bonds is 3. The molecule has 1 heterocycles. The lowest BCUT2D eigenvalue weighted by Gasteiger charge is -2.04. The minimum atomic E-state index is -0.273. The topological polar surface area (TPSA) is 43.6 Å². The number of carbonyl (C=O) groups excluding carboxylic acids is 1. The van der Waals surface area contributed by atoms with Crippen molar-refractivity contribution in [3.05, 3.63) is 69.8 Å². The molecule has 0 bridgehead atoms. The average Bonchev–Trinajstić information content (AvgIpc) is 2.89. The summed E-state index contributed by atoms with van der Waals surface area (Å²) in [5, 5.41) is 0. The molecule has 0 N–H and O–H groups in total. The SMILES string of the molecule is COc1cccc(C(=O)N=c2sc(C)c(-c3ccccc3)n2C)c1. The molecule has 4 nitrogen and oxygen atoms in total. The third-order valence-electron chi connectivity index (χ3n) is 3.76. The van der Waals surface area contributed by atoms with Crippen LogP contribution in [-0.4, -0.2) is 17.6 Å². The number of hydrogen-bond acceptors (Lipinski definition) is 3. The highest BCUT2D eigenvalue weighted by molar-refractivity contribution is 7.09. The van der Waals surface area contributed by atoms with Crippen LogP contribution in [0, 0.1) is 6.92 Å². The van der Waals surface area contributed by atoms with Gasteiger partial charge in [0.05, 0.1) is 12.8 Å². The van der Waals surface area contributed by atoms with Gasteiger partial charge in [-0.3, -0.25) is 4.79 Å². The van der Waals surface area contributed by atoms with Gasteiger partial charge in [0.15, 0.2) is 4.80 Å². The van der Waals surface area contributed by atoms with Gasteiger partial charge in [-0.25, -0.2) is 0 Å². The zero-order chi connectivity index (χ0) is 17.1. The monoisotopic (exact) mass is 338 g/mol. The number of benzene rings is 2. The fraction of sp³-hybridized carbons (Fsp3) is 0.158. The molecule has 0 spiro atoms. The molecule has 1 aromatic heterocycles. The highest BCUT2D eigenvalue weighted by Gasteiger charge is 2.11. The molecule has 0 saturated carbocycles. The number of carbonyl (C=O) groups is 1. The predicted octanol–water partition coefficient (Wildman–Crippen LogP) is 3.81. The Labute approximate surface area is 144 Å². The van der Waals surface area contributed by atoms with E-state index in [1.807, 2.05) is 36.7 Å². The largest absolute Gasteiger partial charge is 0.497 e. The molecule has 1 amide bonds. The second-order valence-corrected chi connectivity index (χ2v) is 6.55. The van der Waals surface area contributed by atoms with E-state index in [1.54, 1.807) is 31.4 Å². The van der Waals surface area contributed by atoms with Gasteiger partial charge < -0.3 is 9.30 Å². The van der Waals surface area contributed by atoms with Crippen molar-refractivity contribution < 1.29 is 9.53 Å². The van der Waals surface area contributed by atoms with E-state index in [0.29, 0.717) is 16.1 Å². The maximum Gasteiger partial charge on any atom is 0.279 e. The molecule has 5 heteroatoms. The highest BCUT2D eigenvalue weighted by Crippen LogP contribution is 2.24. The maximum atomic E-state index is 12.5. The molecular weight excluding hydrogens is 320 g/mol. The van der Waals surface area contributed by atoms with Crippen molar-refractivity contribution in [2.45, 2.75) is 6.92 Å². The van der Waals surface area contributed by atoms with Gasteiger partial charge in [0.2, 0.25) is 0 Å². The first kappa shape index (κ1) is 16.2. The predicted molar refractivity (Wildman–Crippen MR) is 96.4 cm³/mol. The van der Waals surface area contributed by atoms with E-state index >= 15 is 0 Å². The van der Waals surface area contributed by atoms with Gasteiger partial charge in [0.25, 0.3) is 5.91 Å². The third-order valence-corrected chi connectivity index (χ3v) is 4.81. The van der Waals surface area contributed by atoms with Crippen LogP contribution in [0.25, 0.3) is 11.3 Å². The summed E-state index contributed by atoms with van der Waals surface area (Å²) in [7, 11) is 3.51. The van der Waals surface area contributed by atoms with Crippen LogP contribution in [0.15, 0.2) is 59.6 Å². The molecule has 0 radical (unpaired) electrons. The Morgan fingerprint density at radius 3 is 2.58 bits per heavy atom. The summed E-state index contributed by atoms with van der Waals surface area (Å²) in [4.78, 5) is 18.6. The quantitative estimate of drug-likeness (QED) is 0.729. The Hall–Kier alpha value is -2.66. The first-order valence-corrected chi connectivity index (χ1v) is 8.36. The Morgan fingerprint density at radius 1 is 1.12 bits per heavy atom. The molecule has 0 unspecified atom stereocenters. The highest BCUT2D eigenvalue weighted by atomic mass is 32.1. The zero-order valence-corrected chi connectivity index (χ0v) is 14.6. The Bertz CT molecular complexity index is 940. The molecule has 3 aromatic rings. The second kappa shape index (κ2) is 6.84. The van der Waals surface area contributed by atoms with Crippen molar-refractivity contribution >= 4 is 17.2 Å². The number of thiazole rings is 1. The lowest BCUT2D eigenvalue weighted by atomic mass is 10.1. The van der Waals surface area contributed by atoms with E-state index in [-0.39, 0.29) is 5.91 Å². The first-order valence-electron chi connectivity index (χ1n) is 7.55. The van der Waals surface area contributed by atoms with Crippen LogP contribution in [0.5, 0.6) is 5.75 Å². The molecule has 2 aromatic carbocycles. The van der Waals surface area contributed by atoms with Crippen molar-refractivity contribution in [2.75, 3.05) is 7.11 Å². The minimum absolute atomic E-state index is 0.273. The van der Waals surface area contributed by atoms with Gasteiger partial charge in [0.1, 0.15) is 5.75 Å². The lowest BCUT2D eigenvalue weighted by molar-refractivity contribution is 0.0997. The Morgan fingerprint density at radius 2 is 1.88 bits per heavy atom. The molecule has 0 saturated heterocycles. The smallest absolute Gasteiger partial charge is 0.279 e. The molecular formula is C19H18N2O2S. The van der Waals surface area contributed by atoms with Crippen LogP contribution < -0.4 is 9.54 Å². The standard InChI is InChI=1S/C19H18N2O2S/c1-13-17(14-8-5-4-6-9-14)21(2)19(24-13)20-18(22)15-10-7-11-16(12-15)23-3/h4-12H,1-3H3. The second-order valence-electron chi connectivity index (χ2n) is 5.36. The number of ether oxygens (including phenoxy) is 1. The molecule has 122 valence electrons. The molecule has 0 fully saturated rings. The third kappa shape index (κ3) is 3.16. The number of aromatic nitrogens is 1. The van der Waals surface area contributed by atoms with E-state index < -0.39 is 0 Å². The number of aryl methyl sites for hydroxylation is 1. The van der Waals surface area contributed by atoms with Gasteiger partial charge in [-0.2, -0.15) is 4.99 Å². The zero-order valence-electron chi connectivity index (χ0n) is 13.8. The van der Waals surface area contributed by atoms with Gasteiger partial charge in [-0.15, -0.1) is 11.3 Å². The molecule has 0 aliphatic heterocycles. The van der Waals surface area contributed by atoms with E-state index in [4.69, 9.17) is 4.74 Å². The number of hydrogen-bond donors (Lipinski definition) is 0.